The molecule has 0 aliphatic rings. The van der Waals surface area contributed by atoms with Crippen molar-refractivity contribution in [3.63, 3.8) is 0 Å². The molecule has 0 bridgehead atoms. The summed E-state index contributed by atoms with van der Waals surface area (Å²) in [7, 11) is -4.17. The van der Waals surface area contributed by atoms with Crippen LogP contribution in [-0.2, 0) is 21.0 Å². The molecule has 0 aliphatic carbocycles. The highest BCUT2D eigenvalue weighted by Crippen LogP contribution is 2.31. The molecule has 3 aromatic rings. The maximum absolute atomic E-state index is 13.0. The van der Waals surface area contributed by atoms with E-state index in [0.717, 1.165) is 12.1 Å². The number of benzene rings is 3. The van der Waals surface area contributed by atoms with Gasteiger partial charge in [-0.15, -0.1) is 0 Å². The fourth-order valence-electron chi connectivity index (χ4n) is 2.91. The van der Waals surface area contributed by atoms with Gasteiger partial charge in [0.2, 0.25) is 0 Å². The molecule has 3 rings (SSSR count). The summed E-state index contributed by atoms with van der Waals surface area (Å²) in [6.07, 6.45) is -5.18. The monoisotopic (exact) mass is 496 g/mol. The fourth-order valence-corrected chi connectivity index (χ4v) is 3.96. The average molecular weight is 496 g/mol. The minimum Gasteiger partial charge on any atom is -0.481 e. The van der Waals surface area contributed by atoms with Crippen LogP contribution < -0.4 is 14.8 Å². The number of nitrogens with one attached hydrogen (secondary N) is 2. The van der Waals surface area contributed by atoms with Gasteiger partial charge >= 0.3 is 6.18 Å². The van der Waals surface area contributed by atoms with Crippen LogP contribution in [0.3, 0.4) is 0 Å². The summed E-state index contributed by atoms with van der Waals surface area (Å²) < 4.78 is 84.4. The molecule has 11 heteroatoms. The molecular formula is C23H20F4N2O4S. The van der Waals surface area contributed by atoms with Crippen LogP contribution in [0.15, 0.2) is 77.7 Å². The number of hydrogen-bond donors (Lipinski definition) is 2. The van der Waals surface area contributed by atoms with Crippen LogP contribution in [0.25, 0.3) is 0 Å². The van der Waals surface area contributed by atoms with Crippen LogP contribution in [0.1, 0.15) is 18.9 Å². The molecule has 0 aliphatic heterocycles. The Morgan fingerprint density at radius 1 is 0.971 bits per heavy atom. The second-order valence-electron chi connectivity index (χ2n) is 7.17. The number of ether oxygens (including phenoxy) is 1. The van der Waals surface area contributed by atoms with Crippen LogP contribution in [0.5, 0.6) is 5.75 Å². The SMILES string of the molecule is CC[C@H](Oc1ccc(F)cc1)C(=O)Nc1ccc(S(=O)(=O)Nc2cccc(C(F)(F)F)c2)cc1. The number of sulfonamides is 1. The number of rotatable bonds is 8. The second kappa shape index (κ2) is 10.1. The van der Waals surface area contributed by atoms with Crippen molar-refractivity contribution in [1.29, 1.82) is 0 Å². The van der Waals surface area contributed by atoms with Gasteiger partial charge in [-0.1, -0.05) is 13.0 Å². The van der Waals surface area contributed by atoms with Crippen molar-refractivity contribution in [3.05, 3.63) is 84.2 Å². The molecule has 0 fully saturated rings. The van der Waals surface area contributed by atoms with Crippen LogP contribution in [0.4, 0.5) is 28.9 Å². The molecule has 1 atom stereocenters. The smallest absolute Gasteiger partial charge is 0.416 e. The van der Waals surface area contributed by atoms with Gasteiger partial charge in [-0.2, -0.15) is 13.2 Å². The molecule has 0 spiro atoms. The highest BCUT2D eigenvalue weighted by atomic mass is 32.2. The lowest BCUT2D eigenvalue weighted by Crippen LogP contribution is -2.32. The van der Waals surface area contributed by atoms with Crippen molar-refractivity contribution < 1.29 is 35.5 Å². The molecule has 180 valence electrons. The molecule has 3 aromatic carbocycles. The van der Waals surface area contributed by atoms with E-state index in [1.165, 1.54) is 54.6 Å². The molecule has 0 saturated carbocycles. The summed E-state index contributed by atoms with van der Waals surface area (Å²) in [4.78, 5) is 12.3. The first-order valence-corrected chi connectivity index (χ1v) is 11.5. The van der Waals surface area contributed by atoms with Crippen molar-refractivity contribution >= 4 is 27.3 Å². The van der Waals surface area contributed by atoms with Gasteiger partial charge in [0.1, 0.15) is 11.6 Å². The van der Waals surface area contributed by atoms with Crippen molar-refractivity contribution in [3.8, 4) is 5.75 Å². The molecule has 0 heterocycles. The Bertz CT molecular complexity index is 1250. The number of anilines is 2. The number of halogens is 4. The first-order chi connectivity index (χ1) is 16.0. The zero-order valence-electron chi connectivity index (χ0n) is 17.8. The van der Waals surface area contributed by atoms with Crippen molar-refractivity contribution in [1.82, 2.24) is 0 Å². The molecule has 0 radical (unpaired) electrons. The number of amides is 1. The van der Waals surface area contributed by atoms with E-state index in [9.17, 15) is 30.8 Å². The fraction of sp³-hybridized carbons (Fsp3) is 0.174. The van der Waals surface area contributed by atoms with E-state index in [-0.39, 0.29) is 16.3 Å². The van der Waals surface area contributed by atoms with Crippen LogP contribution >= 0.6 is 0 Å². The number of hydrogen-bond acceptors (Lipinski definition) is 4. The Morgan fingerprint density at radius 3 is 2.21 bits per heavy atom. The van der Waals surface area contributed by atoms with Crippen molar-refractivity contribution in [2.45, 2.75) is 30.5 Å². The quantitative estimate of drug-likeness (QED) is 0.407. The van der Waals surface area contributed by atoms with Gasteiger partial charge < -0.3 is 10.1 Å². The standard InChI is InChI=1S/C23H20F4N2O4S/c1-2-21(33-19-10-6-16(24)7-11-19)22(30)28-17-8-12-20(13-9-17)34(31,32)29-18-5-3-4-15(14-18)23(25,26)27/h3-14,21,29H,2H2,1H3,(H,28,30)/t21-/m0/s1. The van der Waals surface area contributed by atoms with Gasteiger partial charge in [0.25, 0.3) is 15.9 Å². The van der Waals surface area contributed by atoms with Crippen molar-refractivity contribution in [2.75, 3.05) is 10.0 Å². The highest BCUT2D eigenvalue weighted by Gasteiger charge is 2.30. The maximum Gasteiger partial charge on any atom is 0.416 e. The minimum absolute atomic E-state index is 0.211. The molecule has 6 nitrogen and oxygen atoms in total. The molecule has 0 aromatic heterocycles. The molecule has 0 unspecified atom stereocenters. The van der Waals surface area contributed by atoms with Gasteiger partial charge in [-0.3, -0.25) is 9.52 Å². The third-order valence-corrected chi connectivity index (χ3v) is 6.03. The Balaban J connectivity index is 1.67. The third kappa shape index (κ3) is 6.47. The zero-order chi connectivity index (χ0) is 24.9. The summed E-state index contributed by atoms with van der Waals surface area (Å²) in [5, 5.41) is 2.60. The van der Waals surface area contributed by atoms with E-state index in [0.29, 0.717) is 18.2 Å². The Kier molecular flexibility index (Phi) is 7.45. The number of alkyl halides is 3. The molecule has 2 N–H and O–H groups in total. The van der Waals surface area contributed by atoms with Crippen LogP contribution in [0, 0.1) is 5.82 Å². The predicted molar refractivity (Wildman–Crippen MR) is 118 cm³/mol. The third-order valence-electron chi connectivity index (χ3n) is 4.63. The Morgan fingerprint density at radius 2 is 1.62 bits per heavy atom. The maximum atomic E-state index is 13.0. The summed E-state index contributed by atoms with van der Waals surface area (Å²) in [6, 6.07) is 14.1. The van der Waals surface area contributed by atoms with E-state index in [4.69, 9.17) is 4.74 Å². The highest BCUT2D eigenvalue weighted by molar-refractivity contribution is 7.92. The van der Waals surface area contributed by atoms with Gasteiger partial charge in [0.15, 0.2) is 6.10 Å². The minimum atomic E-state index is -4.61. The normalized spacial score (nSPS) is 12.6. The van der Waals surface area contributed by atoms with Gasteiger partial charge in [0.05, 0.1) is 10.5 Å². The summed E-state index contributed by atoms with van der Waals surface area (Å²) in [5.74, 6) is -0.627. The number of carbonyl (C=O) groups is 1. The lowest BCUT2D eigenvalue weighted by molar-refractivity contribution is -0.137. The lowest BCUT2D eigenvalue weighted by atomic mass is 10.2. The summed E-state index contributed by atoms with van der Waals surface area (Å²) in [6.45, 7) is 1.73. The van der Waals surface area contributed by atoms with Gasteiger partial charge in [-0.05, 0) is 73.2 Å². The Hall–Kier alpha value is -3.60. The zero-order valence-corrected chi connectivity index (χ0v) is 18.6. The number of carbonyl (C=O) groups excluding carboxylic acids is 1. The second-order valence-corrected chi connectivity index (χ2v) is 8.85. The van der Waals surface area contributed by atoms with Gasteiger partial charge in [0, 0.05) is 11.4 Å². The predicted octanol–water partition coefficient (Wildman–Crippen LogP) is 5.44. The summed E-state index contributed by atoms with van der Waals surface area (Å²) in [5.41, 5.74) is -0.945. The van der Waals surface area contributed by atoms with E-state index >= 15 is 0 Å². The molecule has 1 amide bonds. The first kappa shape index (κ1) is 25.0. The van der Waals surface area contributed by atoms with E-state index in [1.54, 1.807) is 6.92 Å². The lowest BCUT2D eigenvalue weighted by Gasteiger charge is -2.17. The van der Waals surface area contributed by atoms with Crippen molar-refractivity contribution in [2.24, 2.45) is 0 Å². The first-order valence-electron chi connectivity index (χ1n) is 10.0. The van der Waals surface area contributed by atoms with E-state index < -0.39 is 39.6 Å². The largest absolute Gasteiger partial charge is 0.481 e. The molecule has 0 saturated heterocycles. The average Bonchev–Trinajstić information content (AvgIpc) is 2.78. The van der Waals surface area contributed by atoms with E-state index in [1.807, 2.05) is 0 Å². The Labute approximate surface area is 193 Å². The summed E-state index contributed by atoms with van der Waals surface area (Å²) >= 11 is 0. The molecular weight excluding hydrogens is 476 g/mol. The van der Waals surface area contributed by atoms with Crippen LogP contribution in [-0.4, -0.2) is 20.4 Å². The van der Waals surface area contributed by atoms with Gasteiger partial charge in [-0.25, -0.2) is 12.8 Å². The topological polar surface area (TPSA) is 84.5 Å². The van der Waals surface area contributed by atoms with Crippen LogP contribution in [0.2, 0.25) is 0 Å². The van der Waals surface area contributed by atoms with E-state index in [2.05, 4.69) is 10.0 Å². The molecule has 34 heavy (non-hydrogen) atoms.